The topological polar surface area (TPSA) is 24.8 Å². The van der Waals surface area contributed by atoms with Crippen molar-refractivity contribution in [3.63, 3.8) is 0 Å². The van der Waals surface area contributed by atoms with E-state index in [0.29, 0.717) is 18.9 Å². The molecule has 0 amide bonds. The molecular weight excluding hydrogens is 407 g/mol. The van der Waals surface area contributed by atoms with E-state index in [4.69, 9.17) is 9.73 Å². The highest BCUT2D eigenvalue weighted by Crippen LogP contribution is 2.29. The average Bonchev–Trinajstić information content (AvgIpc) is 3.11. The standard InChI is InChI=1S/C22H24BrFN2O/c1-27-21-11-9-16(23)13-15(21)8-10-18-19(6-4-7-20(18)24)22-25-14-17-5-2-3-12-26(17)22/h4,6-7,9,11,13,17H,2-3,5,8,10,12,14H2,1H3. The second-order valence-corrected chi connectivity index (χ2v) is 8.15. The van der Waals surface area contributed by atoms with E-state index in [1.54, 1.807) is 19.2 Å². The third-order valence-corrected chi connectivity index (χ3v) is 6.09. The van der Waals surface area contributed by atoms with Gasteiger partial charge in [-0.05, 0) is 67.5 Å². The Balaban J connectivity index is 1.62. The highest BCUT2D eigenvalue weighted by atomic mass is 79.9. The van der Waals surface area contributed by atoms with Gasteiger partial charge in [0.25, 0.3) is 0 Å². The van der Waals surface area contributed by atoms with Crippen LogP contribution in [-0.4, -0.2) is 37.0 Å². The highest BCUT2D eigenvalue weighted by Gasteiger charge is 2.31. The minimum atomic E-state index is -0.148. The molecule has 2 aromatic carbocycles. The molecule has 142 valence electrons. The first-order valence-electron chi connectivity index (χ1n) is 9.58. The van der Waals surface area contributed by atoms with Crippen LogP contribution in [0.3, 0.4) is 0 Å². The number of amidine groups is 1. The lowest BCUT2D eigenvalue weighted by Gasteiger charge is -2.32. The summed E-state index contributed by atoms with van der Waals surface area (Å²) in [5.41, 5.74) is 2.78. The lowest BCUT2D eigenvalue weighted by Crippen LogP contribution is -2.41. The van der Waals surface area contributed by atoms with Gasteiger partial charge in [-0.25, -0.2) is 4.39 Å². The fraction of sp³-hybridized carbons (Fsp3) is 0.409. The van der Waals surface area contributed by atoms with Crippen LogP contribution in [0.1, 0.15) is 36.0 Å². The molecule has 0 aliphatic carbocycles. The van der Waals surface area contributed by atoms with Crippen LogP contribution in [-0.2, 0) is 12.8 Å². The smallest absolute Gasteiger partial charge is 0.131 e. The number of rotatable bonds is 5. The monoisotopic (exact) mass is 430 g/mol. The number of aryl methyl sites for hydroxylation is 1. The number of halogens is 2. The van der Waals surface area contributed by atoms with Crippen molar-refractivity contribution >= 4 is 21.8 Å². The normalized spacial score (nSPS) is 19.0. The van der Waals surface area contributed by atoms with Gasteiger partial charge in [-0.3, -0.25) is 4.99 Å². The van der Waals surface area contributed by atoms with Gasteiger partial charge in [-0.1, -0.05) is 28.1 Å². The number of ether oxygens (including phenoxy) is 1. The van der Waals surface area contributed by atoms with Gasteiger partial charge in [0.1, 0.15) is 17.4 Å². The number of nitrogens with zero attached hydrogens (tertiary/aromatic N) is 2. The predicted octanol–water partition coefficient (Wildman–Crippen LogP) is 5.00. The summed E-state index contributed by atoms with van der Waals surface area (Å²) >= 11 is 3.52. The zero-order valence-corrected chi connectivity index (χ0v) is 17.1. The van der Waals surface area contributed by atoms with Crippen LogP contribution in [0.2, 0.25) is 0 Å². The summed E-state index contributed by atoms with van der Waals surface area (Å²) < 4.78 is 21.3. The van der Waals surface area contributed by atoms with Gasteiger partial charge < -0.3 is 9.64 Å². The number of hydrogen-bond donors (Lipinski definition) is 0. The summed E-state index contributed by atoms with van der Waals surface area (Å²) in [6.07, 6.45) is 4.98. The van der Waals surface area contributed by atoms with Crippen molar-refractivity contribution in [3.8, 4) is 5.75 Å². The van der Waals surface area contributed by atoms with Crippen LogP contribution in [0.15, 0.2) is 45.9 Å². The average molecular weight is 431 g/mol. The first-order chi connectivity index (χ1) is 13.2. The molecule has 0 saturated carbocycles. The fourth-order valence-electron chi connectivity index (χ4n) is 4.22. The van der Waals surface area contributed by atoms with Gasteiger partial charge >= 0.3 is 0 Å². The molecule has 27 heavy (non-hydrogen) atoms. The minimum Gasteiger partial charge on any atom is -0.496 e. The van der Waals surface area contributed by atoms with Crippen molar-refractivity contribution in [2.75, 3.05) is 20.2 Å². The molecule has 0 radical (unpaired) electrons. The first kappa shape index (κ1) is 18.5. The zero-order valence-electron chi connectivity index (χ0n) is 15.5. The molecule has 2 aliphatic rings. The van der Waals surface area contributed by atoms with Gasteiger partial charge in [0.05, 0.1) is 19.7 Å². The Hall–Kier alpha value is -1.88. The van der Waals surface area contributed by atoms with Gasteiger partial charge in [0.15, 0.2) is 0 Å². The van der Waals surface area contributed by atoms with Crippen LogP contribution in [0.4, 0.5) is 4.39 Å². The Labute approximate surface area is 168 Å². The van der Waals surface area contributed by atoms with E-state index in [-0.39, 0.29) is 5.82 Å². The summed E-state index contributed by atoms with van der Waals surface area (Å²) in [6, 6.07) is 11.8. The minimum absolute atomic E-state index is 0.148. The molecule has 1 unspecified atom stereocenters. The maximum Gasteiger partial charge on any atom is 0.131 e. The first-order valence-corrected chi connectivity index (χ1v) is 10.4. The maximum atomic E-state index is 14.8. The van der Waals surface area contributed by atoms with Gasteiger partial charge in [-0.15, -0.1) is 0 Å². The van der Waals surface area contributed by atoms with E-state index >= 15 is 0 Å². The summed E-state index contributed by atoms with van der Waals surface area (Å²) in [4.78, 5) is 7.19. The lowest BCUT2D eigenvalue weighted by molar-refractivity contribution is 0.269. The summed E-state index contributed by atoms with van der Waals surface area (Å²) in [6.45, 7) is 1.86. The van der Waals surface area contributed by atoms with Crippen LogP contribution in [0.5, 0.6) is 5.75 Å². The molecule has 0 N–H and O–H groups in total. The number of methoxy groups -OCH3 is 1. The molecule has 0 spiro atoms. The Bertz CT molecular complexity index is 867. The van der Waals surface area contributed by atoms with Crippen LogP contribution < -0.4 is 4.74 Å². The van der Waals surface area contributed by atoms with Crippen molar-refractivity contribution < 1.29 is 9.13 Å². The van der Waals surface area contributed by atoms with E-state index in [0.717, 1.165) is 45.8 Å². The lowest BCUT2D eigenvalue weighted by atomic mass is 9.96. The van der Waals surface area contributed by atoms with E-state index in [2.05, 4.69) is 20.8 Å². The quantitative estimate of drug-likeness (QED) is 0.666. The molecular formula is C22H24BrFN2O. The Morgan fingerprint density at radius 3 is 2.96 bits per heavy atom. The third-order valence-electron chi connectivity index (χ3n) is 5.60. The molecule has 3 nitrogen and oxygen atoms in total. The van der Waals surface area contributed by atoms with Gasteiger partial charge in [0.2, 0.25) is 0 Å². The third kappa shape index (κ3) is 3.75. The molecule has 4 rings (SSSR count). The summed E-state index contributed by atoms with van der Waals surface area (Å²) in [5.74, 6) is 1.67. The van der Waals surface area contributed by atoms with Crippen LogP contribution in [0, 0.1) is 5.82 Å². The van der Waals surface area contributed by atoms with Crippen molar-refractivity contribution in [3.05, 3.63) is 63.4 Å². The molecule has 1 fully saturated rings. The van der Waals surface area contributed by atoms with E-state index < -0.39 is 0 Å². The number of aliphatic imine (C=N–C) groups is 1. The molecule has 0 aromatic heterocycles. The molecule has 2 aliphatic heterocycles. The highest BCUT2D eigenvalue weighted by molar-refractivity contribution is 9.10. The van der Waals surface area contributed by atoms with Gasteiger partial charge in [-0.2, -0.15) is 0 Å². The largest absolute Gasteiger partial charge is 0.496 e. The Morgan fingerprint density at radius 1 is 1.22 bits per heavy atom. The van der Waals surface area contributed by atoms with E-state index in [1.165, 1.54) is 19.3 Å². The van der Waals surface area contributed by atoms with Gasteiger partial charge in [0, 0.05) is 16.6 Å². The van der Waals surface area contributed by atoms with Crippen molar-refractivity contribution in [2.24, 2.45) is 4.99 Å². The van der Waals surface area contributed by atoms with Crippen molar-refractivity contribution in [2.45, 2.75) is 38.1 Å². The Morgan fingerprint density at radius 2 is 2.11 bits per heavy atom. The molecule has 0 bridgehead atoms. The number of benzene rings is 2. The Kier molecular flexibility index (Phi) is 5.48. The molecule has 5 heteroatoms. The maximum absolute atomic E-state index is 14.8. The second kappa shape index (κ2) is 8.01. The second-order valence-electron chi connectivity index (χ2n) is 7.23. The van der Waals surface area contributed by atoms with E-state index in [9.17, 15) is 4.39 Å². The molecule has 2 aromatic rings. The molecule has 1 saturated heterocycles. The van der Waals surface area contributed by atoms with Crippen LogP contribution in [0.25, 0.3) is 0 Å². The van der Waals surface area contributed by atoms with Crippen LogP contribution >= 0.6 is 15.9 Å². The molecule has 2 heterocycles. The fourth-order valence-corrected chi connectivity index (χ4v) is 4.62. The zero-order chi connectivity index (χ0) is 18.8. The van der Waals surface area contributed by atoms with E-state index in [1.807, 2.05) is 24.3 Å². The predicted molar refractivity (Wildman–Crippen MR) is 110 cm³/mol. The molecule has 1 atom stereocenters. The van der Waals surface area contributed by atoms with Crippen molar-refractivity contribution in [1.29, 1.82) is 0 Å². The number of piperidine rings is 1. The number of fused-ring (bicyclic) bond motifs is 1. The summed E-state index contributed by atoms with van der Waals surface area (Å²) in [7, 11) is 1.67. The van der Waals surface area contributed by atoms with Crippen molar-refractivity contribution in [1.82, 2.24) is 4.90 Å². The SMILES string of the molecule is COc1ccc(Br)cc1CCc1c(F)cccc1C1=NCC2CCCCN12. The summed E-state index contributed by atoms with van der Waals surface area (Å²) in [5, 5.41) is 0. The number of hydrogen-bond acceptors (Lipinski definition) is 3.